The first-order valence-corrected chi connectivity index (χ1v) is 4.65. The molecule has 1 aromatic carbocycles. The Balaban J connectivity index is 2.95. The number of rotatable bonds is 2. The van der Waals surface area contributed by atoms with Gasteiger partial charge in [-0.3, -0.25) is 0 Å². The zero-order chi connectivity index (χ0) is 9.84. The Labute approximate surface area is 81.0 Å². The molecule has 0 saturated heterocycles. The van der Waals surface area contributed by atoms with Crippen molar-refractivity contribution in [2.75, 3.05) is 0 Å². The molecule has 0 N–H and O–H groups in total. The van der Waals surface area contributed by atoms with Crippen molar-refractivity contribution in [3.05, 3.63) is 34.9 Å². The average Bonchev–Trinajstić information content (AvgIpc) is 2.03. The van der Waals surface area contributed by atoms with Gasteiger partial charge in [0.15, 0.2) is 0 Å². The Bertz CT molecular complexity index is 308. The topological polar surface area (TPSA) is 0 Å². The third-order valence-corrected chi connectivity index (χ3v) is 2.24. The Hall–Kier alpha value is -1.22. The van der Waals surface area contributed by atoms with Crippen molar-refractivity contribution in [1.29, 1.82) is 0 Å². The minimum atomic E-state index is 0.476. The molecule has 68 valence electrons. The maximum Gasteiger partial charge on any atom is 0.0152 e. The summed E-state index contributed by atoms with van der Waals surface area (Å²) < 4.78 is 0. The standard InChI is InChI=1S/C13H16/c1-5-6-12(4)13-8-10(2)7-11(3)9-13/h1,7-9,12H,6H2,2-4H3. The molecule has 0 amide bonds. The van der Waals surface area contributed by atoms with Crippen LogP contribution in [0, 0.1) is 26.2 Å². The van der Waals surface area contributed by atoms with Crippen LogP contribution in [0.4, 0.5) is 0 Å². The second-order valence-electron chi connectivity index (χ2n) is 3.73. The highest BCUT2D eigenvalue weighted by Crippen LogP contribution is 2.20. The van der Waals surface area contributed by atoms with Crippen LogP contribution < -0.4 is 0 Å². The van der Waals surface area contributed by atoms with Crippen LogP contribution in [0.5, 0.6) is 0 Å². The average molecular weight is 172 g/mol. The zero-order valence-electron chi connectivity index (χ0n) is 8.59. The monoisotopic (exact) mass is 172 g/mol. The first-order valence-electron chi connectivity index (χ1n) is 4.65. The lowest BCUT2D eigenvalue weighted by Crippen LogP contribution is -1.93. The van der Waals surface area contributed by atoms with Crippen LogP contribution in [0.15, 0.2) is 18.2 Å². The molecule has 0 fully saturated rings. The van der Waals surface area contributed by atoms with Crippen LogP contribution in [0.3, 0.4) is 0 Å². The summed E-state index contributed by atoms with van der Waals surface area (Å²) in [5.41, 5.74) is 3.99. The highest BCUT2D eigenvalue weighted by atomic mass is 14.1. The Kier molecular flexibility index (Phi) is 3.14. The van der Waals surface area contributed by atoms with E-state index in [9.17, 15) is 0 Å². The molecule has 1 unspecified atom stereocenters. The summed E-state index contributed by atoms with van der Waals surface area (Å²) in [7, 11) is 0. The molecule has 0 aromatic heterocycles. The molecule has 0 bridgehead atoms. The Morgan fingerprint density at radius 3 is 2.23 bits per heavy atom. The second-order valence-corrected chi connectivity index (χ2v) is 3.73. The van der Waals surface area contributed by atoms with Gasteiger partial charge in [0.2, 0.25) is 0 Å². The van der Waals surface area contributed by atoms with Crippen LogP contribution in [0.1, 0.15) is 36.0 Å². The quantitative estimate of drug-likeness (QED) is 0.599. The highest BCUT2D eigenvalue weighted by molar-refractivity contribution is 5.31. The first kappa shape index (κ1) is 9.86. The van der Waals surface area contributed by atoms with Crippen molar-refractivity contribution in [2.45, 2.75) is 33.1 Å². The van der Waals surface area contributed by atoms with Gasteiger partial charge >= 0.3 is 0 Å². The summed E-state index contributed by atoms with van der Waals surface area (Å²) in [4.78, 5) is 0. The van der Waals surface area contributed by atoms with Gasteiger partial charge in [0.25, 0.3) is 0 Å². The lowest BCUT2D eigenvalue weighted by Gasteiger charge is -2.10. The third kappa shape index (κ3) is 2.63. The van der Waals surface area contributed by atoms with Crippen molar-refractivity contribution in [2.24, 2.45) is 0 Å². The Morgan fingerprint density at radius 2 is 1.77 bits per heavy atom. The fourth-order valence-electron chi connectivity index (χ4n) is 1.59. The van der Waals surface area contributed by atoms with E-state index in [1.54, 1.807) is 0 Å². The normalized spacial score (nSPS) is 12.2. The molecule has 0 aliphatic rings. The maximum atomic E-state index is 5.29. The Morgan fingerprint density at radius 1 is 1.23 bits per heavy atom. The molecule has 0 radical (unpaired) electrons. The van der Waals surface area contributed by atoms with Gasteiger partial charge in [0.1, 0.15) is 0 Å². The fraction of sp³-hybridized carbons (Fsp3) is 0.385. The van der Waals surface area contributed by atoms with Gasteiger partial charge in [-0.15, -0.1) is 12.3 Å². The minimum Gasteiger partial charge on any atom is -0.120 e. The van der Waals surface area contributed by atoms with Gasteiger partial charge in [-0.1, -0.05) is 36.2 Å². The summed E-state index contributed by atoms with van der Waals surface area (Å²) in [6, 6.07) is 6.62. The van der Waals surface area contributed by atoms with E-state index in [0.29, 0.717) is 5.92 Å². The summed E-state index contributed by atoms with van der Waals surface area (Å²) >= 11 is 0. The third-order valence-electron chi connectivity index (χ3n) is 2.24. The van der Waals surface area contributed by atoms with Crippen LogP contribution in [0.2, 0.25) is 0 Å². The number of hydrogen-bond donors (Lipinski definition) is 0. The van der Waals surface area contributed by atoms with Gasteiger partial charge < -0.3 is 0 Å². The highest BCUT2D eigenvalue weighted by Gasteiger charge is 2.04. The van der Waals surface area contributed by atoms with E-state index in [1.807, 2.05) is 0 Å². The number of aryl methyl sites for hydroxylation is 2. The van der Waals surface area contributed by atoms with E-state index in [4.69, 9.17) is 6.42 Å². The van der Waals surface area contributed by atoms with E-state index in [2.05, 4.69) is 44.9 Å². The molecule has 0 spiro atoms. The van der Waals surface area contributed by atoms with Crippen molar-refractivity contribution < 1.29 is 0 Å². The van der Waals surface area contributed by atoms with Gasteiger partial charge in [0.05, 0.1) is 0 Å². The smallest absolute Gasteiger partial charge is 0.0152 e. The van der Waals surface area contributed by atoms with E-state index in [-0.39, 0.29) is 0 Å². The van der Waals surface area contributed by atoms with Crippen LogP contribution in [0.25, 0.3) is 0 Å². The first-order chi connectivity index (χ1) is 6.13. The fourth-order valence-corrected chi connectivity index (χ4v) is 1.59. The van der Waals surface area contributed by atoms with Gasteiger partial charge in [-0.2, -0.15) is 0 Å². The van der Waals surface area contributed by atoms with Crippen LogP contribution in [-0.2, 0) is 0 Å². The largest absolute Gasteiger partial charge is 0.120 e. The SMILES string of the molecule is C#CCC(C)c1cc(C)cc(C)c1. The van der Waals surface area contributed by atoms with E-state index in [1.165, 1.54) is 16.7 Å². The predicted octanol–water partition coefficient (Wildman–Crippen LogP) is 3.43. The molecule has 1 aromatic rings. The molecule has 0 nitrogen and oxygen atoms in total. The zero-order valence-corrected chi connectivity index (χ0v) is 8.59. The van der Waals surface area contributed by atoms with Gasteiger partial charge in [0, 0.05) is 6.42 Å². The molecule has 0 aliphatic heterocycles. The van der Waals surface area contributed by atoms with E-state index in [0.717, 1.165) is 6.42 Å². The summed E-state index contributed by atoms with van der Waals surface area (Å²) in [5.74, 6) is 3.18. The van der Waals surface area contributed by atoms with Crippen LogP contribution in [-0.4, -0.2) is 0 Å². The van der Waals surface area contributed by atoms with Gasteiger partial charge in [-0.05, 0) is 25.3 Å². The summed E-state index contributed by atoms with van der Waals surface area (Å²) in [5, 5.41) is 0. The lowest BCUT2D eigenvalue weighted by molar-refractivity contribution is 0.794. The van der Waals surface area contributed by atoms with Crippen molar-refractivity contribution in [1.82, 2.24) is 0 Å². The lowest BCUT2D eigenvalue weighted by atomic mass is 9.95. The summed E-state index contributed by atoms with van der Waals surface area (Å²) in [6.45, 7) is 6.42. The van der Waals surface area contributed by atoms with E-state index >= 15 is 0 Å². The molecular weight excluding hydrogens is 156 g/mol. The minimum absolute atomic E-state index is 0.476. The van der Waals surface area contributed by atoms with Crippen molar-refractivity contribution >= 4 is 0 Å². The van der Waals surface area contributed by atoms with Crippen molar-refractivity contribution in [3.8, 4) is 12.3 Å². The molecule has 0 heterocycles. The molecule has 0 saturated carbocycles. The maximum absolute atomic E-state index is 5.29. The molecule has 1 atom stereocenters. The summed E-state index contributed by atoms with van der Waals surface area (Å²) in [6.07, 6.45) is 6.12. The van der Waals surface area contributed by atoms with Crippen LogP contribution >= 0.6 is 0 Å². The van der Waals surface area contributed by atoms with E-state index < -0.39 is 0 Å². The molecular formula is C13H16. The second kappa shape index (κ2) is 4.14. The molecule has 0 heteroatoms. The van der Waals surface area contributed by atoms with Gasteiger partial charge in [-0.25, -0.2) is 0 Å². The number of terminal acetylenes is 1. The molecule has 1 rings (SSSR count). The van der Waals surface area contributed by atoms with Crippen molar-refractivity contribution in [3.63, 3.8) is 0 Å². The predicted molar refractivity (Wildman–Crippen MR) is 57.8 cm³/mol. The number of benzene rings is 1. The molecule has 13 heavy (non-hydrogen) atoms. The molecule has 0 aliphatic carbocycles. The number of hydrogen-bond acceptors (Lipinski definition) is 0.